The maximum absolute atomic E-state index is 12.9. The molecule has 0 unspecified atom stereocenters. The Bertz CT molecular complexity index is 1560. The van der Waals surface area contributed by atoms with Gasteiger partial charge < -0.3 is 24.1 Å². The molecule has 0 fully saturated rings. The molecular weight excluding hydrogens is 482 g/mol. The number of ether oxygens (including phenoxy) is 1. The van der Waals surface area contributed by atoms with Gasteiger partial charge in [-0.15, -0.1) is 0 Å². The third-order valence-corrected chi connectivity index (χ3v) is 5.76. The van der Waals surface area contributed by atoms with Gasteiger partial charge in [0.05, 0.1) is 26.1 Å². The zero-order chi connectivity index (χ0) is 26.5. The number of aromatic hydroxyl groups is 1. The Hall–Kier alpha value is -4.81. The largest absolute Gasteiger partial charge is 0.507 e. The van der Waals surface area contributed by atoms with E-state index in [9.17, 15) is 19.5 Å². The fraction of sp³-hybridized carbons (Fsp3) is 0.292. The summed E-state index contributed by atoms with van der Waals surface area (Å²) in [5.74, 6) is 1.16. The van der Waals surface area contributed by atoms with E-state index in [1.165, 1.54) is 31.0 Å². The minimum absolute atomic E-state index is 0.0325. The Morgan fingerprint density at radius 1 is 1.24 bits per heavy atom. The summed E-state index contributed by atoms with van der Waals surface area (Å²) < 4.78 is 14.4. The van der Waals surface area contributed by atoms with Crippen LogP contribution in [0.1, 0.15) is 24.2 Å². The lowest BCUT2D eigenvalue weighted by molar-refractivity contribution is -0.121. The predicted molar refractivity (Wildman–Crippen MR) is 136 cm³/mol. The molecule has 3 aromatic heterocycles. The fourth-order valence-electron chi connectivity index (χ4n) is 3.77. The van der Waals surface area contributed by atoms with E-state index in [-0.39, 0.29) is 35.8 Å². The molecular formula is C24H27N7O6. The number of carbonyl (C=O) groups is 1. The summed E-state index contributed by atoms with van der Waals surface area (Å²) in [5.41, 5.74) is 2.36. The molecule has 37 heavy (non-hydrogen) atoms. The number of furan rings is 1. The van der Waals surface area contributed by atoms with Crippen molar-refractivity contribution >= 4 is 29.2 Å². The number of imidazole rings is 1. The summed E-state index contributed by atoms with van der Waals surface area (Å²) in [5, 5.41) is 17.0. The van der Waals surface area contributed by atoms with Gasteiger partial charge in [-0.3, -0.25) is 18.7 Å². The second-order valence-electron chi connectivity index (χ2n) is 8.22. The van der Waals surface area contributed by atoms with Crippen LogP contribution in [-0.4, -0.2) is 43.0 Å². The van der Waals surface area contributed by atoms with E-state index in [4.69, 9.17) is 9.15 Å². The maximum Gasteiger partial charge on any atom is 0.332 e. The highest BCUT2D eigenvalue weighted by molar-refractivity contribution is 5.85. The van der Waals surface area contributed by atoms with Crippen molar-refractivity contribution in [1.82, 2.24) is 24.1 Å². The minimum atomic E-state index is -0.486. The van der Waals surface area contributed by atoms with E-state index in [0.717, 1.165) is 4.57 Å². The zero-order valence-corrected chi connectivity index (χ0v) is 20.6. The topological polar surface area (TPSA) is 158 Å². The smallest absolute Gasteiger partial charge is 0.332 e. The van der Waals surface area contributed by atoms with Gasteiger partial charge in [-0.1, -0.05) is 0 Å². The van der Waals surface area contributed by atoms with E-state index in [0.29, 0.717) is 36.0 Å². The molecule has 13 heteroatoms. The van der Waals surface area contributed by atoms with Gasteiger partial charge in [0.25, 0.3) is 5.56 Å². The number of rotatable bonds is 10. The molecule has 0 aliphatic heterocycles. The summed E-state index contributed by atoms with van der Waals surface area (Å²) in [7, 11) is 4.44. The Balaban J connectivity index is 1.47. The van der Waals surface area contributed by atoms with Crippen LogP contribution in [-0.2, 0) is 32.0 Å². The average Bonchev–Trinajstić information content (AvgIpc) is 3.54. The molecule has 1 amide bonds. The van der Waals surface area contributed by atoms with E-state index in [1.807, 2.05) is 0 Å². The number of amides is 1. The normalized spacial score (nSPS) is 11.3. The molecule has 0 aliphatic rings. The SMILES string of the molecule is COc1ccc(/C=N/NC(=O)CCCn2c(NCc3ccco3)nc3c2c(=O)n(C)c(=O)n3C)c(O)c1. The molecule has 3 heterocycles. The van der Waals surface area contributed by atoms with Gasteiger partial charge >= 0.3 is 5.69 Å². The van der Waals surface area contributed by atoms with Crippen LogP contribution in [0.4, 0.5) is 5.95 Å². The van der Waals surface area contributed by atoms with Crippen LogP contribution >= 0.6 is 0 Å². The van der Waals surface area contributed by atoms with Crippen molar-refractivity contribution in [3.63, 3.8) is 0 Å². The molecule has 13 nitrogen and oxygen atoms in total. The quantitative estimate of drug-likeness (QED) is 0.213. The van der Waals surface area contributed by atoms with Gasteiger partial charge in [0.1, 0.15) is 17.3 Å². The predicted octanol–water partition coefficient (Wildman–Crippen LogP) is 1.28. The first-order valence-corrected chi connectivity index (χ1v) is 11.4. The van der Waals surface area contributed by atoms with Crippen molar-refractivity contribution in [2.24, 2.45) is 19.2 Å². The monoisotopic (exact) mass is 509 g/mol. The third kappa shape index (κ3) is 5.39. The Kier molecular flexibility index (Phi) is 7.41. The molecule has 0 spiro atoms. The Morgan fingerprint density at radius 2 is 2.05 bits per heavy atom. The second kappa shape index (κ2) is 10.8. The van der Waals surface area contributed by atoms with Gasteiger partial charge in [0.15, 0.2) is 11.2 Å². The maximum atomic E-state index is 12.9. The van der Waals surface area contributed by atoms with Crippen molar-refractivity contribution in [3.05, 3.63) is 68.8 Å². The highest BCUT2D eigenvalue weighted by atomic mass is 16.5. The highest BCUT2D eigenvalue weighted by Gasteiger charge is 2.19. The average molecular weight is 510 g/mol. The summed E-state index contributed by atoms with van der Waals surface area (Å²) in [6.07, 6.45) is 3.35. The fourth-order valence-corrected chi connectivity index (χ4v) is 3.77. The zero-order valence-electron chi connectivity index (χ0n) is 20.6. The van der Waals surface area contributed by atoms with Crippen LogP contribution in [0, 0.1) is 0 Å². The van der Waals surface area contributed by atoms with Crippen LogP contribution in [0.3, 0.4) is 0 Å². The van der Waals surface area contributed by atoms with Gasteiger partial charge in [-0.05, 0) is 30.7 Å². The van der Waals surface area contributed by atoms with E-state index >= 15 is 0 Å². The number of phenolic OH excluding ortho intramolecular Hbond substituents is 1. The molecule has 0 saturated carbocycles. The number of carbonyl (C=O) groups excluding carboxylic acids is 1. The van der Waals surface area contributed by atoms with Crippen LogP contribution < -0.4 is 26.7 Å². The Morgan fingerprint density at radius 3 is 2.76 bits per heavy atom. The van der Waals surface area contributed by atoms with Gasteiger partial charge in [0.2, 0.25) is 11.9 Å². The molecule has 1 aromatic carbocycles. The van der Waals surface area contributed by atoms with E-state index in [2.05, 4.69) is 20.8 Å². The van der Waals surface area contributed by atoms with Gasteiger partial charge in [0, 0.05) is 38.7 Å². The molecule has 0 atom stereocenters. The lowest BCUT2D eigenvalue weighted by atomic mass is 10.2. The molecule has 4 rings (SSSR count). The van der Waals surface area contributed by atoms with E-state index < -0.39 is 11.2 Å². The number of hydrogen-bond acceptors (Lipinski definition) is 9. The summed E-state index contributed by atoms with van der Waals surface area (Å²) >= 11 is 0. The second-order valence-corrected chi connectivity index (χ2v) is 8.22. The Labute approximate surface area is 210 Å². The van der Waals surface area contributed by atoms with Gasteiger partial charge in [-0.2, -0.15) is 10.1 Å². The van der Waals surface area contributed by atoms with Crippen LogP contribution in [0.25, 0.3) is 11.2 Å². The summed E-state index contributed by atoms with van der Waals surface area (Å²) in [6.45, 7) is 0.596. The number of aryl methyl sites for hydroxylation is 2. The lowest BCUT2D eigenvalue weighted by Gasteiger charge is -2.10. The molecule has 0 bridgehead atoms. The van der Waals surface area contributed by atoms with Crippen LogP contribution in [0.15, 0.2) is 55.7 Å². The van der Waals surface area contributed by atoms with Crippen LogP contribution in [0.5, 0.6) is 11.5 Å². The van der Waals surface area contributed by atoms with Crippen molar-refractivity contribution in [2.75, 3.05) is 12.4 Å². The number of benzene rings is 1. The van der Waals surface area contributed by atoms with Crippen molar-refractivity contribution in [2.45, 2.75) is 25.9 Å². The first-order valence-electron chi connectivity index (χ1n) is 11.4. The number of aromatic nitrogens is 4. The first-order chi connectivity index (χ1) is 17.8. The molecule has 4 aromatic rings. The minimum Gasteiger partial charge on any atom is -0.507 e. The lowest BCUT2D eigenvalue weighted by Crippen LogP contribution is -2.37. The molecule has 3 N–H and O–H groups in total. The molecule has 194 valence electrons. The van der Waals surface area contributed by atoms with Crippen molar-refractivity contribution in [1.29, 1.82) is 0 Å². The van der Waals surface area contributed by atoms with E-state index in [1.54, 1.807) is 42.1 Å². The van der Waals surface area contributed by atoms with Gasteiger partial charge in [-0.25, -0.2) is 10.2 Å². The standard InChI is InChI=1S/C24H27N7O6/c1-29-21-20(22(34)30(2)24(29)35)31(23(27-21)25-14-17-6-5-11-37-17)10-4-7-19(33)28-26-13-15-8-9-16(36-3)12-18(15)32/h5-6,8-9,11-13,32H,4,7,10,14H2,1-3H3,(H,25,27)(H,28,33)/b26-13+. The summed E-state index contributed by atoms with van der Waals surface area (Å²) in [4.78, 5) is 42.1. The number of fused-ring (bicyclic) bond motifs is 1. The molecule has 0 aliphatic carbocycles. The van der Waals surface area contributed by atoms with Crippen LogP contribution in [0.2, 0.25) is 0 Å². The number of hydrogen-bond donors (Lipinski definition) is 3. The molecule has 0 saturated heterocycles. The number of hydrazone groups is 1. The number of anilines is 1. The number of phenols is 1. The van der Waals surface area contributed by atoms with Crippen molar-refractivity contribution in [3.8, 4) is 11.5 Å². The van der Waals surface area contributed by atoms with Crippen molar-refractivity contribution < 1.29 is 19.1 Å². The number of nitrogens with one attached hydrogen (secondary N) is 2. The number of methoxy groups -OCH3 is 1. The number of nitrogens with zero attached hydrogens (tertiary/aromatic N) is 5. The molecule has 0 radical (unpaired) electrons. The summed E-state index contributed by atoms with van der Waals surface area (Å²) in [6, 6.07) is 8.27. The first kappa shape index (κ1) is 25.3. The third-order valence-electron chi connectivity index (χ3n) is 5.76. The highest BCUT2D eigenvalue weighted by Crippen LogP contribution is 2.22.